The number of hydrogen-bond donors (Lipinski definition) is 0. The SMILES string of the molecule is Cc1cc(CCON=C2C=C3CCC4C(CC[C@@]5(C)C4CC[C@@H]5C)[C@@]3(C)CC2)no1. The molecule has 164 valence electrons. The second-order valence-electron chi connectivity index (χ2n) is 11.1. The van der Waals surface area contributed by atoms with E-state index in [0.29, 0.717) is 17.4 Å². The lowest BCUT2D eigenvalue weighted by Crippen LogP contribution is -2.50. The minimum absolute atomic E-state index is 0.382. The minimum atomic E-state index is 0.382. The average molecular weight is 411 g/mol. The van der Waals surface area contributed by atoms with Crippen molar-refractivity contribution in [2.75, 3.05) is 6.61 Å². The van der Waals surface area contributed by atoms with Crippen molar-refractivity contribution >= 4 is 5.71 Å². The summed E-state index contributed by atoms with van der Waals surface area (Å²) in [5.74, 6) is 4.54. The molecule has 0 spiro atoms. The van der Waals surface area contributed by atoms with Gasteiger partial charge in [0.2, 0.25) is 0 Å². The third-order valence-electron chi connectivity index (χ3n) is 9.76. The molecule has 0 aromatic carbocycles. The van der Waals surface area contributed by atoms with Crippen LogP contribution in [0.1, 0.15) is 83.6 Å². The fourth-order valence-electron chi connectivity index (χ4n) is 7.72. The van der Waals surface area contributed by atoms with Crippen LogP contribution in [0, 0.1) is 41.4 Å². The van der Waals surface area contributed by atoms with Crippen LogP contribution >= 0.6 is 0 Å². The molecule has 5 rings (SSSR count). The maximum absolute atomic E-state index is 5.65. The van der Waals surface area contributed by atoms with Crippen LogP contribution in [0.5, 0.6) is 0 Å². The number of fused-ring (bicyclic) bond motifs is 5. The number of aromatic nitrogens is 1. The Morgan fingerprint density at radius 2 is 2.00 bits per heavy atom. The molecule has 0 amide bonds. The van der Waals surface area contributed by atoms with Crippen LogP contribution in [-0.4, -0.2) is 17.5 Å². The van der Waals surface area contributed by atoms with Crippen molar-refractivity contribution in [3.8, 4) is 0 Å². The van der Waals surface area contributed by atoms with Gasteiger partial charge in [-0.05, 0) is 98.9 Å². The summed E-state index contributed by atoms with van der Waals surface area (Å²) in [4.78, 5) is 5.65. The minimum Gasteiger partial charge on any atom is -0.395 e. The molecule has 0 aliphatic heterocycles. The van der Waals surface area contributed by atoms with Gasteiger partial charge in [-0.1, -0.05) is 36.7 Å². The molecule has 1 aromatic rings. The summed E-state index contributed by atoms with van der Waals surface area (Å²) in [6.07, 6.45) is 13.9. The first-order chi connectivity index (χ1) is 14.4. The van der Waals surface area contributed by atoms with E-state index in [2.05, 4.69) is 37.2 Å². The van der Waals surface area contributed by atoms with Crippen molar-refractivity contribution in [2.24, 2.45) is 39.7 Å². The Morgan fingerprint density at radius 1 is 1.13 bits per heavy atom. The molecule has 1 heterocycles. The number of allylic oxidation sites excluding steroid dienone is 2. The topological polar surface area (TPSA) is 47.6 Å². The van der Waals surface area contributed by atoms with Gasteiger partial charge in [-0.3, -0.25) is 0 Å². The molecule has 0 saturated heterocycles. The molecular weight excluding hydrogens is 372 g/mol. The third kappa shape index (κ3) is 3.26. The Kier molecular flexibility index (Phi) is 5.10. The maximum atomic E-state index is 5.65. The highest BCUT2D eigenvalue weighted by Crippen LogP contribution is 2.66. The van der Waals surface area contributed by atoms with Crippen LogP contribution in [0.3, 0.4) is 0 Å². The smallest absolute Gasteiger partial charge is 0.133 e. The van der Waals surface area contributed by atoms with Gasteiger partial charge in [0.1, 0.15) is 12.4 Å². The van der Waals surface area contributed by atoms with E-state index in [1.807, 2.05) is 13.0 Å². The van der Waals surface area contributed by atoms with Gasteiger partial charge >= 0.3 is 0 Å². The summed E-state index contributed by atoms with van der Waals surface area (Å²) >= 11 is 0. The van der Waals surface area contributed by atoms with E-state index in [1.54, 1.807) is 5.57 Å². The molecule has 4 aliphatic carbocycles. The fraction of sp³-hybridized carbons (Fsp3) is 0.769. The molecule has 3 unspecified atom stereocenters. The van der Waals surface area contributed by atoms with E-state index < -0.39 is 0 Å². The second-order valence-corrected chi connectivity index (χ2v) is 11.1. The van der Waals surface area contributed by atoms with Gasteiger partial charge < -0.3 is 9.36 Å². The van der Waals surface area contributed by atoms with Gasteiger partial charge in [-0.2, -0.15) is 0 Å². The van der Waals surface area contributed by atoms with Crippen LogP contribution < -0.4 is 0 Å². The molecular formula is C26H38N2O2. The highest BCUT2D eigenvalue weighted by atomic mass is 16.6. The van der Waals surface area contributed by atoms with E-state index in [9.17, 15) is 0 Å². The summed E-state index contributed by atoms with van der Waals surface area (Å²) in [5.41, 5.74) is 4.71. The first-order valence-corrected chi connectivity index (χ1v) is 12.2. The Hall–Kier alpha value is -1.58. The van der Waals surface area contributed by atoms with Gasteiger partial charge in [0.25, 0.3) is 0 Å². The first kappa shape index (κ1) is 20.3. The van der Waals surface area contributed by atoms with Crippen molar-refractivity contribution in [1.82, 2.24) is 5.16 Å². The quantitative estimate of drug-likeness (QED) is 0.420. The van der Waals surface area contributed by atoms with E-state index in [1.165, 1.54) is 44.9 Å². The van der Waals surface area contributed by atoms with E-state index in [4.69, 9.17) is 9.36 Å². The van der Waals surface area contributed by atoms with E-state index in [0.717, 1.165) is 53.7 Å². The van der Waals surface area contributed by atoms with Gasteiger partial charge in [0.15, 0.2) is 0 Å². The van der Waals surface area contributed by atoms with Crippen LogP contribution in [-0.2, 0) is 11.3 Å². The predicted molar refractivity (Wildman–Crippen MR) is 119 cm³/mol. The summed E-state index contributed by atoms with van der Waals surface area (Å²) in [7, 11) is 0. The number of aryl methyl sites for hydroxylation is 1. The van der Waals surface area contributed by atoms with Gasteiger partial charge in [-0.15, -0.1) is 0 Å². The lowest BCUT2D eigenvalue weighted by molar-refractivity contribution is -0.0465. The Labute approximate surface area is 181 Å². The van der Waals surface area contributed by atoms with Crippen LogP contribution in [0.25, 0.3) is 0 Å². The van der Waals surface area contributed by atoms with Gasteiger partial charge in [-0.25, -0.2) is 0 Å². The molecule has 3 saturated carbocycles. The van der Waals surface area contributed by atoms with Crippen molar-refractivity contribution < 1.29 is 9.36 Å². The van der Waals surface area contributed by atoms with Crippen LogP contribution in [0.4, 0.5) is 0 Å². The van der Waals surface area contributed by atoms with Crippen LogP contribution in [0.15, 0.2) is 27.4 Å². The lowest BCUT2D eigenvalue weighted by atomic mass is 9.47. The first-order valence-electron chi connectivity index (χ1n) is 12.2. The van der Waals surface area contributed by atoms with E-state index >= 15 is 0 Å². The maximum Gasteiger partial charge on any atom is 0.133 e. The Bertz CT molecular complexity index is 855. The zero-order valence-corrected chi connectivity index (χ0v) is 19.2. The van der Waals surface area contributed by atoms with Crippen molar-refractivity contribution in [2.45, 2.75) is 85.5 Å². The molecule has 3 fully saturated rings. The summed E-state index contributed by atoms with van der Waals surface area (Å²) in [6.45, 7) is 10.2. The molecule has 0 N–H and O–H groups in total. The van der Waals surface area contributed by atoms with Crippen LogP contribution in [0.2, 0.25) is 0 Å². The normalized spacial score (nSPS) is 41.7. The highest BCUT2D eigenvalue weighted by Gasteiger charge is 2.57. The molecule has 30 heavy (non-hydrogen) atoms. The van der Waals surface area contributed by atoms with Gasteiger partial charge in [0.05, 0.1) is 11.4 Å². The second kappa shape index (κ2) is 7.53. The van der Waals surface area contributed by atoms with Crippen molar-refractivity contribution in [1.29, 1.82) is 0 Å². The zero-order chi connectivity index (χ0) is 20.9. The molecule has 4 aliphatic rings. The molecule has 1 aromatic heterocycles. The summed E-state index contributed by atoms with van der Waals surface area (Å²) in [6, 6.07) is 1.96. The standard InChI is InChI=1S/C26H38N2O2/c1-17-5-8-23-22-7-6-19-16-20(27-29-14-11-21-15-18(2)30-28-21)9-12-26(19,4)24(22)10-13-25(17,23)3/h15-17,22-24H,5-14H2,1-4H3/t17-,22?,23?,24?,25+,26-/m0/s1. The number of nitrogens with zero attached hydrogens (tertiary/aromatic N) is 2. The third-order valence-corrected chi connectivity index (χ3v) is 9.76. The van der Waals surface area contributed by atoms with Crippen molar-refractivity contribution in [3.63, 3.8) is 0 Å². The van der Waals surface area contributed by atoms with E-state index in [-0.39, 0.29) is 0 Å². The fourth-order valence-corrected chi connectivity index (χ4v) is 7.72. The Balaban J connectivity index is 1.26. The number of rotatable bonds is 4. The lowest BCUT2D eigenvalue weighted by Gasteiger charge is -2.58. The molecule has 6 atom stereocenters. The van der Waals surface area contributed by atoms with Crippen molar-refractivity contribution in [3.05, 3.63) is 29.2 Å². The number of hydrogen-bond acceptors (Lipinski definition) is 4. The molecule has 4 nitrogen and oxygen atoms in total. The monoisotopic (exact) mass is 410 g/mol. The largest absolute Gasteiger partial charge is 0.395 e. The van der Waals surface area contributed by atoms with Gasteiger partial charge in [0, 0.05) is 12.5 Å². The predicted octanol–water partition coefficient (Wildman–Crippen LogP) is 6.50. The summed E-state index contributed by atoms with van der Waals surface area (Å²) < 4.78 is 5.11. The zero-order valence-electron chi connectivity index (χ0n) is 19.2. The average Bonchev–Trinajstić information content (AvgIpc) is 3.28. The summed E-state index contributed by atoms with van der Waals surface area (Å²) in [5, 5.41) is 8.51. The Morgan fingerprint density at radius 3 is 2.80 bits per heavy atom. The molecule has 0 bridgehead atoms. The number of oxime groups is 1. The molecule has 4 heteroatoms. The molecule has 0 radical (unpaired) electrons. The highest BCUT2D eigenvalue weighted by molar-refractivity contribution is 5.96.